The summed E-state index contributed by atoms with van der Waals surface area (Å²) < 4.78 is 5.12. The molecule has 2 aromatic carbocycles. The van der Waals surface area contributed by atoms with E-state index in [4.69, 9.17) is 4.74 Å². The molecule has 0 radical (unpaired) electrons. The quantitative estimate of drug-likeness (QED) is 0.763. The fourth-order valence-electron chi connectivity index (χ4n) is 2.24. The van der Waals surface area contributed by atoms with Crippen LogP contribution in [0.15, 0.2) is 48.5 Å². The van der Waals surface area contributed by atoms with Crippen LogP contribution >= 0.6 is 0 Å². The monoisotopic (exact) mass is 282 g/mol. The molecule has 0 heterocycles. The maximum atomic E-state index is 12.0. The van der Waals surface area contributed by atoms with E-state index in [2.05, 4.69) is 31.2 Å². The van der Waals surface area contributed by atoms with E-state index >= 15 is 0 Å². The van der Waals surface area contributed by atoms with Crippen LogP contribution in [-0.4, -0.2) is 12.9 Å². The molecule has 0 aliphatic carbocycles. The molecular weight excluding hydrogens is 260 g/mol. The van der Waals surface area contributed by atoms with Crippen LogP contribution in [0.3, 0.4) is 0 Å². The Morgan fingerprint density at radius 1 is 0.857 bits per heavy atom. The summed E-state index contributed by atoms with van der Waals surface area (Å²) in [4.78, 5) is 12.0. The van der Waals surface area contributed by atoms with Crippen molar-refractivity contribution in [2.45, 2.75) is 32.6 Å². The first-order chi connectivity index (χ1) is 10.2. The first-order valence-electron chi connectivity index (χ1n) is 7.37. The summed E-state index contributed by atoms with van der Waals surface area (Å²) in [5, 5.41) is 0. The molecule has 110 valence electrons. The van der Waals surface area contributed by atoms with Gasteiger partial charge in [0.05, 0.1) is 7.11 Å². The van der Waals surface area contributed by atoms with E-state index in [1.807, 2.05) is 24.3 Å². The lowest BCUT2D eigenvalue weighted by Crippen LogP contribution is -2.02. The van der Waals surface area contributed by atoms with Gasteiger partial charge in [0.15, 0.2) is 0 Å². The van der Waals surface area contributed by atoms with Gasteiger partial charge in [0.25, 0.3) is 0 Å². The SMILES string of the molecule is COc1ccc(CCC(=O)CCc2ccc(C)cc2)cc1. The highest BCUT2D eigenvalue weighted by atomic mass is 16.5. The zero-order valence-electron chi connectivity index (χ0n) is 12.8. The Labute approximate surface area is 126 Å². The first kappa shape index (κ1) is 15.3. The smallest absolute Gasteiger partial charge is 0.133 e. The Balaban J connectivity index is 1.75. The predicted molar refractivity (Wildman–Crippen MR) is 85.8 cm³/mol. The maximum absolute atomic E-state index is 12.0. The van der Waals surface area contributed by atoms with Crippen LogP contribution in [0.2, 0.25) is 0 Å². The minimum Gasteiger partial charge on any atom is -0.497 e. The van der Waals surface area contributed by atoms with Crippen molar-refractivity contribution in [1.29, 1.82) is 0 Å². The fraction of sp³-hybridized carbons (Fsp3) is 0.316. The molecule has 0 unspecified atom stereocenters. The molecule has 0 aromatic heterocycles. The van der Waals surface area contributed by atoms with Gasteiger partial charge in [-0.15, -0.1) is 0 Å². The van der Waals surface area contributed by atoms with Crippen molar-refractivity contribution in [3.05, 3.63) is 65.2 Å². The van der Waals surface area contributed by atoms with Crippen molar-refractivity contribution in [2.75, 3.05) is 7.11 Å². The third-order valence-corrected chi connectivity index (χ3v) is 3.66. The third-order valence-electron chi connectivity index (χ3n) is 3.66. The molecule has 21 heavy (non-hydrogen) atoms. The molecule has 0 saturated heterocycles. The summed E-state index contributed by atoms with van der Waals surface area (Å²) in [5.74, 6) is 1.18. The van der Waals surface area contributed by atoms with Crippen molar-refractivity contribution < 1.29 is 9.53 Å². The van der Waals surface area contributed by atoms with Crippen molar-refractivity contribution in [3.8, 4) is 5.75 Å². The van der Waals surface area contributed by atoms with Crippen LogP contribution in [0.25, 0.3) is 0 Å². The van der Waals surface area contributed by atoms with Gasteiger partial charge in [-0.05, 0) is 43.0 Å². The molecule has 0 atom stereocenters. The van der Waals surface area contributed by atoms with E-state index in [0.29, 0.717) is 18.6 Å². The second kappa shape index (κ2) is 7.63. The summed E-state index contributed by atoms with van der Waals surface area (Å²) in [6, 6.07) is 16.3. The van der Waals surface area contributed by atoms with Crippen molar-refractivity contribution in [2.24, 2.45) is 0 Å². The Morgan fingerprint density at radius 2 is 1.33 bits per heavy atom. The number of Topliss-reactive ketones (excluding diaryl/α,β-unsaturated/α-hetero) is 1. The van der Waals surface area contributed by atoms with Gasteiger partial charge in [-0.3, -0.25) is 4.79 Å². The molecule has 0 bridgehead atoms. The molecule has 0 spiro atoms. The summed E-state index contributed by atoms with van der Waals surface area (Å²) >= 11 is 0. The maximum Gasteiger partial charge on any atom is 0.133 e. The van der Waals surface area contributed by atoms with Gasteiger partial charge in [0, 0.05) is 12.8 Å². The van der Waals surface area contributed by atoms with Crippen LogP contribution in [0.5, 0.6) is 5.75 Å². The Hall–Kier alpha value is -2.09. The minimum atomic E-state index is 0.325. The number of carbonyl (C=O) groups is 1. The molecule has 0 aliphatic rings. The fourth-order valence-corrected chi connectivity index (χ4v) is 2.24. The highest BCUT2D eigenvalue weighted by Crippen LogP contribution is 2.13. The number of ether oxygens (including phenoxy) is 1. The second-order valence-corrected chi connectivity index (χ2v) is 5.37. The molecule has 2 nitrogen and oxygen atoms in total. The Morgan fingerprint density at radius 3 is 1.81 bits per heavy atom. The van der Waals surface area contributed by atoms with Gasteiger partial charge in [-0.2, -0.15) is 0 Å². The van der Waals surface area contributed by atoms with E-state index in [-0.39, 0.29) is 0 Å². The van der Waals surface area contributed by atoms with E-state index in [0.717, 1.165) is 18.6 Å². The summed E-state index contributed by atoms with van der Waals surface area (Å²) in [6.07, 6.45) is 2.87. The van der Waals surface area contributed by atoms with Crippen LogP contribution in [-0.2, 0) is 17.6 Å². The number of ketones is 1. The minimum absolute atomic E-state index is 0.325. The van der Waals surface area contributed by atoms with Gasteiger partial charge in [0.2, 0.25) is 0 Å². The van der Waals surface area contributed by atoms with Crippen LogP contribution in [0, 0.1) is 6.92 Å². The molecule has 0 amide bonds. The number of hydrogen-bond acceptors (Lipinski definition) is 2. The van der Waals surface area contributed by atoms with Crippen LogP contribution in [0.1, 0.15) is 29.5 Å². The zero-order chi connectivity index (χ0) is 15.1. The standard InChI is InChI=1S/C19H22O2/c1-15-3-5-16(6-4-15)7-11-18(20)12-8-17-9-13-19(21-2)14-10-17/h3-6,9-10,13-14H,7-8,11-12H2,1-2H3. The van der Waals surface area contributed by atoms with Gasteiger partial charge in [-0.1, -0.05) is 42.0 Å². The van der Waals surface area contributed by atoms with Gasteiger partial charge >= 0.3 is 0 Å². The van der Waals surface area contributed by atoms with E-state index < -0.39 is 0 Å². The summed E-state index contributed by atoms with van der Waals surface area (Å²) in [6.45, 7) is 2.07. The first-order valence-corrected chi connectivity index (χ1v) is 7.37. The van der Waals surface area contributed by atoms with Gasteiger partial charge in [-0.25, -0.2) is 0 Å². The number of carbonyl (C=O) groups excluding carboxylic acids is 1. The number of hydrogen-bond donors (Lipinski definition) is 0. The summed E-state index contributed by atoms with van der Waals surface area (Å²) in [7, 11) is 1.66. The molecular formula is C19H22O2. The lowest BCUT2D eigenvalue weighted by Gasteiger charge is -2.04. The average Bonchev–Trinajstić information content (AvgIpc) is 2.53. The molecule has 0 N–H and O–H groups in total. The number of methoxy groups -OCH3 is 1. The van der Waals surface area contributed by atoms with Crippen LogP contribution in [0.4, 0.5) is 0 Å². The van der Waals surface area contributed by atoms with Crippen LogP contribution < -0.4 is 4.74 Å². The normalized spacial score (nSPS) is 10.4. The average molecular weight is 282 g/mol. The summed E-state index contributed by atoms with van der Waals surface area (Å²) in [5.41, 5.74) is 3.67. The zero-order valence-corrected chi connectivity index (χ0v) is 12.8. The lowest BCUT2D eigenvalue weighted by atomic mass is 10.0. The second-order valence-electron chi connectivity index (χ2n) is 5.37. The largest absolute Gasteiger partial charge is 0.497 e. The molecule has 0 saturated carbocycles. The van der Waals surface area contributed by atoms with Crippen molar-refractivity contribution in [1.82, 2.24) is 0 Å². The van der Waals surface area contributed by atoms with Gasteiger partial charge < -0.3 is 4.74 Å². The van der Waals surface area contributed by atoms with Crippen molar-refractivity contribution >= 4 is 5.78 Å². The Bertz CT molecular complexity index is 568. The highest BCUT2D eigenvalue weighted by molar-refractivity contribution is 5.78. The number of benzene rings is 2. The Kier molecular flexibility index (Phi) is 5.56. The van der Waals surface area contributed by atoms with E-state index in [9.17, 15) is 4.79 Å². The topological polar surface area (TPSA) is 26.3 Å². The molecule has 2 heteroatoms. The van der Waals surface area contributed by atoms with E-state index in [1.54, 1.807) is 7.11 Å². The molecule has 2 rings (SSSR count). The lowest BCUT2D eigenvalue weighted by molar-refractivity contribution is -0.119. The highest BCUT2D eigenvalue weighted by Gasteiger charge is 2.04. The van der Waals surface area contributed by atoms with Gasteiger partial charge in [0.1, 0.15) is 11.5 Å². The van der Waals surface area contributed by atoms with Crippen molar-refractivity contribution in [3.63, 3.8) is 0 Å². The molecule has 0 fully saturated rings. The number of rotatable bonds is 7. The molecule has 2 aromatic rings. The number of aryl methyl sites for hydroxylation is 3. The third kappa shape index (κ3) is 5.07. The predicted octanol–water partition coefficient (Wildman–Crippen LogP) is 4.14. The van der Waals surface area contributed by atoms with E-state index in [1.165, 1.54) is 16.7 Å². The molecule has 0 aliphatic heterocycles.